The molecule has 0 aliphatic heterocycles. The predicted molar refractivity (Wildman–Crippen MR) is 75.6 cm³/mol. The summed E-state index contributed by atoms with van der Waals surface area (Å²) in [7, 11) is 0. The van der Waals surface area contributed by atoms with Crippen LogP contribution >= 0.6 is 12.6 Å². The van der Waals surface area contributed by atoms with Gasteiger partial charge < -0.3 is 4.74 Å². The van der Waals surface area contributed by atoms with Gasteiger partial charge in [0.2, 0.25) is 0 Å². The molecule has 0 N–H and O–H groups in total. The lowest BCUT2D eigenvalue weighted by Crippen LogP contribution is -2.06. The van der Waals surface area contributed by atoms with Gasteiger partial charge in [0.05, 0.1) is 11.5 Å². The SMILES string of the molecule is Cc1ccc(OCCC(C)CCS)c([N+](=O)[O-])c1. The zero-order valence-corrected chi connectivity index (χ0v) is 11.7. The maximum Gasteiger partial charge on any atom is 0.311 e. The van der Waals surface area contributed by atoms with Crippen LogP contribution in [0.15, 0.2) is 18.2 Å². The highest BCUT2D eigenvalue weighted by atomic mass is 32.1. The molecule has 0 aliphatic rings. The van der Waals surface area contributed by atoms with E-state index in [0.717, 1.165) is 24.2 Å². The first-order chi connectivity index (χ1) is 8.54. The molecule has 18 heavy (non-hydrogen) atoms. The maximum absolute atomic E-state index is 10.9. The molecular formula is C13H19NO3S. The van der Waals surface area contributed by atoms with Crippen LogP contribution in [-0.4, -0.2) is 17.3 Å². The molecule has 0 saturated carbocycles. The Morgan fingerprint density at radius 3 is 2.78 bits per heavy atom. The van der Waals surface area contributed by atoms with Gasteiger partial charge in [-0.3, -0.25) is 10.1 Å². The van der Waals surface area contributed by atoms with Crippen molar-refractivity contribution in [3.05, 3.63) is 33.9 Å². The molecule has 0 amide bonds. The average molecular weight is 269 g/mol. The van der Waals surface area contributed by atoms with Crippen molar-refractivity contribution in [1.82, 2.24) is 0 Å². The number of thiol groups is 1. The van der Waals surface area contributed by atoms with E-state index in [1.165, 1.54) is 6.07 Å². The molecule has 0 fully saturated rings. The molecule has 0 aliphatic carbocycles. The Labute approximate surface area is 113 Å². The number of hydrogen-bond donors (Lipinski definition) is 1. The third-order valence-corrected chi connectivity index (χ3v) is 3.06. The smallest absolute Gasteiger partial charge is 0.311 e. The van der Waals surface area contributed by atoms with E-state index < -0.39 is 4.92 Å². The third kappa shape index (κ3) is 4.56. The highest BCUT2D eigenvalue weighted by Gasteiger charge is 2.15. The van der Waals surface area contributed by atoms with E-state index in [0.29, 0.717) is 18.3 Å². The van der Waals surface area contributed by atoms with E-state index in [-0.39, 0.29) is 5.69 Å². The molecule has 5 heteroatoms. The van der Waals surface area contributed by atoms with Crippen LogP contribution in [0.1, 0.15) is 25.3 Å². The summed E-state index contributed by atoms with van der Waals surface area (Å²) in [5.41, 5.74) is 0.898. The maximum atomic E-state index is 10.9. The summed E-state index contributed by atoms with van der Waals surface area (Å²) in [5, 5.41) is 10.9. The van der Waals surface area contributed by atoms with E-state index in [1.54, 1.807) is 6.07 Å². The molecule has 1 atom stereocenters. The largest absolute Gasteiger partial charge is 0.487 e. The van der Waals surface area contributed by atoms with E-state index >= 15 is 0 Å². The van der Waals surface area contributed by atoms with Gasteiger partial charge in [-0.2, -0.15) is 12.6 Å². The molecule has 0 heterocycles. The van der Waals surface area contributed by atoms with E-state index in [1.807, 2.05) is 13.0 Å². The van der Waals surface area contributed by atoms with Gasteiger partial charge in [-0.15, -0.1) is 0 Å². The summed E-state index contributed by atoms with van der Waals surface area (Å²) in [6.07, 6.45) is 1.91. The molecule has 4 nitrogen and oxygen atoms in total. The zero-order valence-electron chi connectivity index (χ0n) is 10.8. The minimum absolute atomic E-state index is 0.0387. The summed E-state index contributed by atoms with van der Waals surface area (Å²) in [4.78, 5) is 10.5. The standard InChI is InChI=1S/C13H19NO3S/c1-10(6-8-18)5-7-17-13-4-3-11(2)9-12(13)14(15)16/h3-4,9-10,18H,5-8H2,1-2H3. The van der Waals surface area contributed by atoms with Gasteiger partial charge in [0.1, 0.15) is 0 Å². The lowest BCUT2D eigenvalue weighted by molar-refractivity contribution is -0.385. The first-order valence-corrected chi connectivity index (χ1v) is 6.66. The lowest BCUT2D eigenvalue weighted by Gasteiger charge is -2.11. The summed E-state index contributed by atoms with van der Waals surface area (Å²) in [6.45, 7) is 4.45. The Morgan fingerprint density at radius 2 is 2.17 bits per heavy atom. The Kier molecular flexibility index (Phi) is 5.98. The van der Waals surface area contributed by atoms with Crippen molar-refractivity contribution >= 4 is 18.3 Å². The van der Waals surface area contributed by atoms with Crippen LogP contribution in [0.4, 0.5) is 5.69 Å². The van der Waals surface area contributed by atoms with Crippen molar-refractivity contribution in [2.45, 2.75) is 26.7 Å². The zero-order chi connectivity index (χ0) is 13.5. The normalized spacial score (nSPS) is 12.2. The molecule has 1 unspecified atom stereocenters. The van der Waals surface area contributed by atoms with E-state index in [9.17, 15) is 10.1 Å². The number of nitro groups is 1. The summed E-state index contributed by atoms with van der Waals surface area (Å²) in [6, 6.07) is 5.02. The van der Waals surface area contributed by atoms with Gasteiger partial charge in [-0.05, 0) is 43.1 Å². The lowest BCUT2D eigenvalue weighted by atomic mass is 10.1. The van der Waals surface area contributed by atoms with E-state index in [4.69, 9.17) is 4.74 Å². The number of ether oxygens (including phenoxy) is 1. The molecule has 0 spiro atoms. The van der Waals surface area contributed by atoms with Crippen molar-refractivity contribution in [3.8, 4) is 5.75 Å². The molecule has 1 aromatic rings. The Hall–Kier alpha value is -1.23. The second-order valence-electron chi connectivity index (χ2n) is 4.48. The molecular weight excluding hydrogens is 250 g/mol. The van der Waals surface area contributed by atoms with Crippen molar-refractivity contribution in [3.63, 3.8) is 0 Å². The van der Waals surface area contributed by atoms with Gasteiger partial charge in [0, 0.05) is 6.07 Å². The molecule has 0 aromatic heterocycles. The molecule has 100 valence electrons. The fraction of sp³-hybridized carbons (Fsp3) is 0.538. The molecule has 0 radical (unpaired) electrons. The second kappa shape index (κ2) is 7.26. The number of nitro benzene ring substituents is 1. The van der Waals surface area contributed by atoms with Crippen molar-refractivity contribution in [2.75, 3.05) is 12.4 Å². The first kappa shape index (κ1) is 14.8. The van der Waals surface area contributed by atoms with Gasteiger partial charge in [0.25, 0.3) is 0 Å². The van der Waals surface area contributed by atoms with Gasteiger partial charge >= 0.3 is 5.69 Å². The van der Waals surface area contributed by atoms with Crippen LogP contribution in [-0.2, 0) is 0 Å². The summed E-state index contributed by atoms with van der Waals surface area (Å²) >= 11 is 4.18. The Bertz CT molecular complexity index is 409. The fourth-order valence-electron chi connectivity index (χ4n) is 1.63. The fourth-order valence-corrected chi connectivity index (χ4v) is 2.07. The molecule has 1 aromatic carbocycles. The monoisotopic (exact) mass is 269 g/mol. The summed E-state index contributed by atoms with van der Waals surface area (Å²) in [5.74, 6) is 1.72. The van der Waals surface area contributed by atoms with Gasteiger partial charge in [-0.25, -0.2) is 0 Å². The minimum atomic E-state index is -0.403. The first-order valence-electron chi connectivity index (χ1n) is 6.03. The topological polar surface area (TPSA) is 52.4 Å². The highest BCUT2D eigenvalue weighted by molar-refractivity contribution is 7.80. The van der Waals surface area contributed by atoms with Crippen molar-refractivity contribution in [2.24, 2.45) is 5.92 Å². The number of rotatable bonds is 7. The minimum Gasteiger partial charge on any atom is -0.487 e. The van der Waals surface area contributed by atoms with Crippen LogP contribution in [0.2, 0.25) is 0 Å². The van der Waals surface area contributed by atoms with Crippen LogP contribution in [0.3, 0.4) is 0 Å². The molecule has 0 bridgehead atoms. The quantitative estimate of drug-likeness (QED) is 0.467. The second-order valence-corrected chi connectivity index (χ2v) is 4.93. The highest BCUT2D eigenvalue weighted by Crippen LogP contribution is 2.28. The van der Waals surface area contributed by atoms with Crippen LogP contribution in [0, 0.1) is 23.0 Å². The van der Waals surface area contributed by atoms with Crippen LogP contribution < -0.4 is 4.74 Å². The number of hydrogen-bond acceptors (Lipinski definition) is 4. The third-order valence-electron chi connectivity index (χ3n) is 2.80. The average Bonchev–Trinajstić information content (AvgIpc) is 2.31. The summed E-state index contributed by atoms with van der Waals surface area (Å²) < 4.78 is 5.50. The van der Waals surface area contributed by atoms with Gasteiger partial charge in [0.15, 0.2) is 5.75 Å². The van der Waals surface area contributed by atoms with Crippen molar-refractivity contribution in [1.29, 1.82) is 0 Å². The Balaban J connectivity index is 2.59. The van der Waals surface area contributed by atoms with Crippen LogP contribution in [0.5, 0.6) is 5.75 Å². The number of nitrogens with zero attached hydrogens (tertiary/aromatic N) is 1. The Morgan fingerprint density at radius 1 is 1.44 bits per heavy atom. The van der Waals surface area contributed by atoms with Crippen molar-refractivity contribution < 1.29 is 9.66 Å². The predicted octanol–water partition coefficient (Wildman–Crippen LogP) is 3.63. The van der Waals surface area contributed by atoms with Crippen LogP contribution in [0.25, 0.3) is 0 Å². The number of aryl methyl sites for hydroxylation is 1. The number of benzene rings is 1. The molecule has 0 saturated heterocycles. The molecule has 1 rings (SSSR count). The van der Waals surface area contributed by atoms with E-state index in [2.05, 4.69) is 19.6 Å². The van der Waals surface area contributed by atoms with Gasteiger partial charge in [-0.1, -0.05) is 13.0 Å².